The lowest BCUT2D eigenvalue weighted by Gasteiger charge is -2.14. The smallest absolute Gasteiger partial charge is 0.122 e. The highest BCUT2D eigenvalue weighted by Gasteiger charge is 2.06. The molecule has 0 aliphatic carbocycles. The fourth-order valence-electron chi connectivity index (χ4n) is 2.02. The molecule has 0 saturated heterocycles. The van der Waals surface area contributed by atoms with Gasteiger partial charge < -0.3 is 25.0 Å². The van der Waals surface area contributed by atoms with Crippen molar-refractivity contribution in [2.75, 3.05) is 26.3 Å². The molecule has 23 heavy (non-hydrogen) atoms. The molecule has 2 aromatic rings. The summed E-state index contributed by atoms with van der Waals surface area (Å²) in [6, 6.07) is 14.3. The molecule has 0 fully saturated rings. The van der Waals surface area contributed by atoms with Gasteiger partial charge in [0.1, 0.15) is 36.6 Å². The molecule has 1 unspecified atom stereocenters. The minimum atomic E-state index is -0.580. The highest BCUT2D eigenvalue weighted by Crippen LogP contribution is 2.16. The fourth-order valence-corrected chi connectivity index (χ4v) is 2.02. The van der Waals surface area contributed by atoms with E-state index in [4.69, 9.17) is 14.6 Å². The van der Waals surface area contributed by atoms with Gasteiger partial charge in [-0.15, -0.1) is 0 Å². The number of benzene rings is 2. The summed E-state index contributed by atoms with van der Waals surface area (Å²) in [6.07, 6.45) is -0.580. The first-order chi connectivity index (χ1) is 11.1. The number of nitrogens with one attached hydrogen (secondary N) is 1. The fraction of sp³-hybridized carbons (Fsp3) is 0.333. The molecule has 5 nitrogen and oxygen atoms in total. The minimum Gasteiger partial charge on any atom is -0.508 e. The van der Waals surface area contributed by atoms with Crippen molar-refractivity contribution in [3.63, 3.8) is 0 Å². The van der Waals surface area contributed by atoms with Gasteiger partial charge in [-0.05, 0) is 42.8 Å². The third kappa shape index (κ3) is 6.18. The molecule has 0 aliphatic rings. The van der Waals surface area contributed by atoms with Crippen LogP contribution in [0.2, 0.25) is 0 Å². The Morgan fingerprint density at radius 2 is 1.78 bits per heavy atom. The van der Waals surface area contributed by atoms with Gasteiger partial charge >= 0.3 is 0 Å². The number of phenolic OH excluding ortho intramolecular Hbond substituents is 1. The van der Waals surface area contributed by atoms with E-state index >= 15 is 0 Å². The molecule has 0 radical (unpaired) electrons. The third-order valence-corrected chi connectivity index (χ3v) is 3.29. The molecular weight excluding hydrogens is 294 g/mol. The van der Waals surface area contributed by atoms with Gasteiger partial charge in [-0.3, -0.25) is 0 Å². The highest BCUT2D eigenvalue weighted by atomic mass is 16.5. The molecule has 2 rings (SSSR count). The SMILES string of the molecule is Cc1ccccc1OCC(O)CNCCOc1ccc(O)cc1. The zero-order valence-corrected chi connectivity index (χ0v) is 13.2. The van der Waals surface area contributed by atoms with Gasteiger partial charge in [0.05, 0.1) is 0 Å². The van der Waals surface area contributed by atoms with E-state index in [1.807, 2.05) is 31.2 Å². The van der Waals surface area contributed by atoms with Gasteiger partial charge in [-0.25, -0.2) is 0 Å². The quantitative estimate of drug-likeness (QED) is 0.618. The maximum absolute atomic E-state index is 9.89. The van der Waals surface area contributed by atoms with Crippen molar-refractivity contribution in [2.45, 2.75) is 13.0 Å². The van der Waals surface area contributed by atoms with Crippen LogP contribution in [0.25, 0.3) is 0 Å². The van der Waals surface area contributed by atoms with Crippen LogP contribution in [0.15, 0.2) is 48.5 Å². The van der Waals surface area contributed by atoms with Crippen molar-refractivity contribution < 1.29 is 19.7 Å². The summed E-state index contributed by atoms with van der Waals surface area (Å²) in [5, 5.41) is 22.2. The van der Waals surface area contributed by atoms with Gasteiger partial charge in [0.2, 0.25) is 0 Å². The monoisotopic (exact) mass is 317 g/mol. The number of aryl methyl sites for hydroxylation is 1. The Labute approximate surface area is 136 Å². The van der Waals surface area contributed by atoms with E-state index in [9.17, 15) is 5.11 Å². The Hall–Kier alpha value is -2.24. The lowest BCUT2D eigenvalue weighted by Crippen LogP contribution is -2.33. The van der Waals surface area contributed by atoms with Crippen molar-refractivity contribution in [1.29, 1.82) is 0 Å². The molecular formula is C18H23NO4. The van der Waals surface area contributed by atoms with Crippen LogP contribution in [-0.2, 0) is 0 Å². The Bertz CT molecular complexity index is 586. The van der Waals surface area contributed by atoms with Crippen LogP contribution in [-0.4, -0.2) is 42.6 Å². The number of aromatic hydroxyl groups is 1. The molecule has 3 N–H and O–H groups in total. The molecule has 1 atom stereocenters. The number of hydrogen-bond donors (Lipinski definition) is 3. The molecule has 2 aromatic carbocycles. The molecule has 0 spiro atoms. The predicted octanol–water partition coefficient (Wildman–Crippen LogP) is 2.11. The zero-order chi connectivity index (χ0) is 16.5. The number of aliphatic hydroxyl groups excluding tert-OH is 1. The summed E-state index contributed by atoms with van der Waals surface area (Å²) in [5.41, 5.74) is 1.05. The Morgan fingerprint density at radius 1 is 1.04 bits per heavy atom. The van der Waals surface area contributed by atoms with E-state index in [0.717, 1.165) is 11.3 Å². The van der Waals surface area contributed by atoms with Crippen molar-refractivity contribution in [2.24, 2.45) is 0 Å². The van der Waals surface area contributed by atoms with Crippen molar-refractivity contribution in [1.82, 2.24) is 5.32 Å². The maximum Gasteiger partial charge on any atom is 0.122 e. The molecule has 0 amide bonds. The Morgan fingerprint density at radius 3 is 2.52 bits per heavy atom. The number of rotatable bonds is 9. The van der Waals surface area contributed by atoms with E-state index in [1.165, 1.54) is 0 Å². The van der Waals surface area contributed by atoms with Crippen LogP contribution in [0.4, 0.5) is 0 Å². The second-order valence-corrected chi connectivity index (χ2v) is 5.28. The van der Waals surface area contributed by atoms with Crippen LogP contribution >= 0.6 is 0 Å². The van der Waals surface area contributed by atoms with Crippen molar-refractivity contribution in [3.8, 4) is 17.2 Å². The third-order valence-electron chi connectivity index (χ3n) is 3.29. The molecule has 0 bridgehead atoms. The van der Waals surface area contributed by atoms with Crippen LogP contribution in [0, 0.1) is 6.92 Å². The predicted molar refractivity (Wildman–Crippen MR) is 89.2 cm³/mol. The van der Waals surface area contributed by atoms with Crippen LogP contribution in [0.3, 0.4) is 0 Å². The molecule has 124 valence electrons. The maximum atomic E-state index is 9.89. The average Bonchev–Trinajstić information content (AvgIpc) is 2.55. The summed E-state index contributed by atoms with van der Waals surface area (Å²) in [6.45, 7) is 3.75. The van der Waals surface area contributed by atoms with Crippen molar-refractivity contribution >= 4 is 0 Å². The molecule has 0 aliphatic heterocycles. The van der Waals surface area contributed by atoms with Crippen LogP contribution in [0.1, 0.15) is 5.56 Å². The average molecular weight is 317 g/mol. The van der Waals surface area contributed by atoms with Gasteiger partial charge in [-0.1, -0.05) is 18.2 Å². The largest absolute Gasteiger partial charge is 0.508 e. The second-order valence-electron chi connectivity index (χ2n) is 5.28. The number of para-hydroxylation sites is 1. The number of hydrogen-bond acceptors (Lipinski definition) is 5. The first kappa shape index (κ1) is 17.1. The first-order valence-corrected chi connectivity index (χ1v) is 7.64. The standard InChI is InChI=1S/C18H23NO4/c1-14-4-2-3-5-18(14)23-13-16(21)12-19-10-11-22-17-8-6-15(20)7-9-17/h2-9,16,19-21H,10-13H2,1H3. The summed E-state index contributed by atoms with van der Waals surface area (Å²) in [5.74, 6) is 1.71. The van der Waals surface area contributed by atoms with E-state index in [1.54, 1.807) is 24.3 Å². The molecule has 5 heteroatoms. The van der Waals surface area contributed by atoms with E-state index in [-0.39, 0.29) is 12.4 Å². The number of phenols is 1. The normalized spacial score (nSPS) is 11.9. The zero-order valence-electron chi connectivity index (χ0n) is 13.2. The second kappa shape index (κ2) is 9.02. The summed E-state index contributed by atoms with van der Waals surface area (Å²) >= 11 is 0. The highest BCUT2D eigenvalue weighted by molar-refractivity contribution is 5.31. The van der Waals surface area contributed by atoms with Crippen LogP contribution in [0.5, 0.6) is 17.2 Å². The molecule has 0 aromatic heterocycles. The lowest BCUT2D eigenvalue weighted by atomic mass is 10.2. The molecule has 0 saturated carbocycles. The van der Waals surface area contributed by atoms with Gasteiger partial charge in [0, 0.05) is 13.1 Å². The van der Waals surface area contributed by atoms with Gasteiger partial charge in [0.15, 0.2) is 0 Å². The Balaban J connectivity index is 1.57. The minimum absolute atomic E-state index is 0.215. The summed E-state index contributed by atoms with van der Waals surface area (Å²) in [4.78, 5) is 0. The number of aliphatic hydroxyl groups is 1. The lowest BCUT2D eigenvalue weighted by molar-refractivity contribution is 0.105. The topological polar surface area (TPSA) is 71.0 Å². The van der Waals surface area contributed by atoms with Crippen molar-refractivity contribution in [3.05, 3.63) is 54.1 Å². The van der Waals surface area contributed by atoms with Crippen LogP contribution < -0.4 is 14.8 Å². The number of ether oxygens (including phenoxy) is 2. The van der Waals surface area contributed by atoms with Gasteiger partial charge in [-0.2, -0.15) is 0 Å². The Kier molecular flexibility index (Phi) is 6.72. The van der Waals surface area contributed by atoms with Gasteiger partial charge in [0.25, 0.3) is 0 Å². The van der Waals surface area contributed by atoms with E-state index < -0.39 is 6.10 Å². The first-order valence-electron chi connectivity index (χ1n) is 7.64. The summed E-state index contributed by atoms with van der Waals surface area (Å²) in [7, 11) is 0. The van der Waals surface area contributed by atoms with E-state index in [0.29, 0.717) is 25.4 Å². The summed E-state index contributed by atoms with van der Waals surface area (Å²) < 4.78 is 11.1. The van der Waals surface area contributed by atoms with E-state index in [2.05, 4.69) is 5.32 Å². The molecule has 0 heterocycles.